The third kappa shape index (κ3) is 3.71. The fourth-order valence-electron chi connectivity index (χ4n) is 3.53. The lowest BCUT2D eigenvalue weighted by Gasteiger charge is -2.24. The zero-order chi connectivity index (χ0) is 18.6. The van der Waals surface area contributed by atoms with E-state index in [0.29, 0.717) is 6.61 Å². The first kappa shape index (κ1) is 17.7. The highest BCUT2D eigenvalue weighted by molar-refractivity contribution is 5.50. The highest BCUT2D eigenvalue weighted by Crippen LogP contribution is 2.33. The van der Waals surface area contributed by atoms with Gasteiger partial charge in [-0.3, -0.25) is 0 Å². The van der Waals surface area contributed by atoms with E-state index in [4.69, 9.17) is 9.47 Å². The van der Waals surface area contributed by atoms with E-state index in [1.165, 1.54) is 16.8 Å². The number of rotatable bonds is 6. The molecule has 2 heterocycles. The first-order valence-corrected chi connectivity index (χ1v) is 9.67. The summed E-state index contributed by atoms with van der Waals surface area (Å²) in [6, 6.07) is 19.1. The van der Waals surface area contributed by atoms with Gasteiger partial charge in [-0.25, -0.2) is 0 Å². The van der Waals surface area contributed by atoms with Crippen molar-refractivity contribution >= 4 is 5.69 Å². The number of aromatic nitrogens is 1. The molecule has 1 aliphatic rings. The van der Waals surface area contributed by atoms with Crippen LogP contribution < -0.4 is 9.64 Å². The second-order valence-corrected chi connectivity index (χ2v) is 6.72. The van der Waals surface area contributed by atoms with Crippen LogP contribution in [-0.4, -0.2) is 24.3 Å². The standard InChI is InChI=1S/C23H26N2O2/c1-3-18-5-7-21(8-6-18)25-15-16-27-23(25)19-13-14-24(17-19)20-9-11-22(12-10-20)26-4-2/h5-14,17,23H,3-4,15-16H2,1-2H3/t23-/m1/s1. The fourth-order valence-corrected chi connectivity index (χ4v) is 3.53. The van der Waals surface area contributed by atoms with E-state index in [2.05, 4.69) is 71.2 Å². The lowest BCUT2D eigenvalue weighted by atomic mass is 10.1. The van der Waals surface area contributed by atoms with Crippen LogP contribution in [0.15, 0.2) is 67.0 Å². The molecule has 2 aromatic carbocycles. The van der Waals surface area contributed by atoms with Crippen LogP contribution in [0, 0.1) is 0 Å². The zero-order valence-electron chi connectivity index (χ0n) is 16.0. The van der Waals surface area contributed by atoms with Gasteiger partial charge in [-0.2, -0.15) is 0 Å². The molecule has 0 amide bonds. The Balaban J connectivity index is 1.54. The highest BCUT2D eigenvalue weighted by atomic mass is 16.5. The van der Waals surface area contributed by atoms with Crippen molar-refractivity contribution in [3.05, 3.63) is 78.1 Å². The quantitative estimate of drug-likeness (QED) is 0.619. The maximum Gasteiger partial charge on any atom is 0.158 e. The summed E-state index contributed by atoms with van der Waals surface area (Å²) in [7, 11) is 0. The summed E-state index contributed by atoms with van der Waals surface area (Å²) >= 11 is 0. The Hall–Kier alpha value is -2.72. The lowest BCUT2D eigenvalue weighted by Crippen LogP contribution is -2.22. The molecular weight excluding hydrogens is 336 g/mol. The maximum absolute atomic E-state index is 6.06. The van der Waals surface area contributed by atoms with Crippen molar-refractivity contribution in [2.24, 2.45) is 0 Å². The van der Waals surface area contributed by atoms with Crippen molar-refractivity contribution in [1.29, 1.82) is 0 Å². The summed E-state index contributed by atoms with van der Waals surface area (Å²) in [5.41, 5.74) is 4.85. The average molecular weight is 362 g/mol. The molecule has 4 heteroatoms. The molecule has 0 saturated carbocycles. The van der Waals surface area contributed by atoms with Crippen LogP contribution >= 0.6 is 0 Å². The highest BCUT2D eigenvalue weighted by Gasteiger charge is 2.27. The molecule has 1 fully saturated rings. The van der Waals surface area contributed by atoms with E-state index >= 15 is 0 Å². The van der Waals surface area contributed by atoms with Crippen LogP contribution in [-0.2, 0) is 11.2 Å². The van der Waals surface area contributed by atoms with Gasteiger partial charge in [0.25, 0.3) is 0 Å². The molecule has 0 spiro atoms. The minimum absolute atomic E-state index is 0.0403. The van der Waals surface area contributed by atoms with Gasteiger partial charge >= 0.3 is 0 Å². The number of hydrogen-bond acceptors (Lipinski definition) is 3. The molecule has 0 aliphatic carbocycles. The van der Waals surface area contributed by atoms with Gasteiger partial charge in [0.2, 0.25) is 0 Å². The van der Waals surface area contributed by atoms with E-state index < -0.39 is 0 Å². The van der Waals surface area contributed by atoms with Gasteiger partial charge in [-0.05, 0) is 61.4 Å². The molecule has 0 bridgehead atoms. The molecular formula is C23H26N2O2. The Morgan fingerprint density at radius 2 is 1.70 bits per heavy atom. The third-order valence-corrected chi connectivity index (χ3v) is 5.01. The smallest absolute Gasteiger partial charge is 0.158 e. The minimum Gasteiger partial charge on any atom is -0.494 e. The fraction of sp³-hybridized carbons (Fsp3) is 0.304. The summed E-state index contributed by atoms with van der Waals surface area (Å²) in [6.45, 7) is 6.51. The topological polar surface area (TPSA) is 26.6 Å². The Bertz CT molecular complexity index is 868. The van der Waals surface area contributed by atoms with E-state index in [-0.39, 0.29) is 6.23 Å². The van der Waals surface area contributed by atoms with Crippen molar-refractivity contribution in [3.8, 4) is 11.4 Å². The monoisotopic (exact) mass is 362 g/mol. The van der Waals surface area contributed by atoms with Gasteiger partial charge in [0.1, 0.15) is 5.75 Å². The van der Waals surface area contributed by atoms with Gasteiger partial charge in [0.15, 0.2) is 6.23 Å². The van der Waals surface area contributed by atoms with Crippen LogP contribution in [0.2, 0.25) is 0 Å². The number of nitrogens with zero attached hydrogens (tertiary/aromatic N) is 2. The molecule has 1 aromatic heterocycles. The summed E-state index contributed by atoms with van der Waals surface area (Å²) in [6.07, 6.45) is 5.26. The van der Waals surface area contributed by atoms with Crippen LogP contribution in [0.4, 0.5) is 5.69 Å². The Morgan fingerprint density at radius 1 is 0.963 bits per heavy atom. The lowest BCUT2D eigenvalue weighted by molar-refractivity contribution is 0.114. The minimum atomic E-state index is -0.0403. The van der Waals surface area contributed by atoms with E-state index in [0.717, 1.165) is 31.0 Å². The zero-order valence-corrected chi connectivity index (χ0v) is 16.0. The molecule has 3 aromatic rings. The second kappa shape index (κ2) is 7.89. The molecule has 1 atom stereocenters. The SMILES string of the molecule is CCOc1ccc(-n2ccc([C@H]3OCCN3c3ccc(CC)cc3)c2)cc1. The predicted octanol–water partition coefficient (Wildman–Crippen LogP) is 4.97. The number of ether oxygens (including phenoxy) is 2. The molecule has 4 nitrogen and oxygen atoms in total. The number of aryl methyl sites for hydroxylation is 1. The third-order valence-electron chi connectivity index (χ3n) is 5.01. The molecule has 1 saturated heterocycles. The van der Waals surface area contributed by atoms with Crippen LogP contribution in [0.25, 0.3) is 5.69 Å². The van der Waals surface area contributed by atoms with Gasteiger partial charge in [0.05, 0.1) is 13.2 Å². The number of benzene rings is 2. The molecule has 0 N–H and O–H groups in total. The van der Waals surface area contributed by atoms with E-state index in [1.807, 2.05) is 19.1 Å². The van der Waals surface area contributed by atoms with Crippen molar-refractivity contribution in [2.45, 2.75) is 26.5 Å². The molecule has 4 rings (SSSR count). The van der Waals surface area contributed by atoms with Gasteiger partial charge in [0, 0.05) is 35.9 Å². The number of anilines is 1. The normalized spacial score (nSPS) is 16.7. The second-order valence-electron chi connectivity index (χ2n) is 6.72. The largest absolute Gasteiger partial charge is 0.494 e. The first-order chi connectivity index (χ1) is 13.3. The van der Waals surface area contributed by atoms with E-state index in [1.54, 1.807) is 0 Å². The molecule has 1 aliphatic heterocycles. The van der Waals surface area contributed by atoms with E-state index in [9.17, 15) is 0 Å². The Morgan fingerprint density at radius 3 is 2.41 bits per heavy atom. The predicted molar refractivity (Wildman–Crippen MR) is 109 cm³/mol. The van der Waals surface area contributed by atoms with Crippen molar-refractivity contribution in [3.63, 3.8) is 0 Å². The Kier molecular flexibility index (Phi) is 5.16. The summed E-state index contributed by atoms with van der Waals surface area (Å²) in [4.78, 5) is 2.33. The molecule has 27 heavy (non-hydrogen) atoms. The molecule has 0 unspecified atom stereocenters. The summed E-state index contributed by atoms with van der Waals surface area (Å²) < 4.78 is 13.7. The van der Waals surface area contributed by atoms with Crippen LogP contribution in [0.5, 0.6) is 5.75 Å². The summed E-state index contributed by atoms with van der Waals surface area (Å²) in [5.74, 6) is 0.898. The Labute approximate surface area is 161 Å². The van der Waals surface area contributed by atoms with Crippen molar-refractivity contribution in [1.82, 2.24) is 4.57 Å². The van der Waals surface area contributed by atoms with Gasteiger partial charge in [-0.15, -0.1) is 0 Å². The van der Waals surface area contributed by atoms with Gasteiger partial charge in [-0.1, -0.05) is 19.1 Å². The molecule has 0 radical (unpaired) electrons. The first-order valence-electron chi connectivity index (χ1n) is 9.67. The van der Waals surface area contributed by atoms with Crippen molar-refractivity contribution < 1.29 is 9.47 Å². The average Bonchev–Trinajstić information content (AvgIpc) is 3.38. The van der Waals surface area contributed by atoms with Gasteiger partial charge < -0.3 is 18.9 Å². The maximum atomic E-state index is 6.06. The van der Waals surface area contributed by atoms with Crippen LogP contribution in [0.1, 0.15) is 31.2 Å². The molecule has 140 valence electrons. The van der Waals surface area contributed by atoms with Crippen LogP contribution in [0.3, 0.4) is 0 Å². The van der Waals surface area contributed by atoms with Crippen molar-refractivity contribution in [2.75, 3.05) is 24.7 Å². The summed E-state index contributed by atoms with van der Waals surface area (Å²) in [5, 5.41) is 0. The number of hydrogen-bond donors (Lipinski definition) is 0.